The Morgan fingerprint density at radius 3 is 2.72 bits per heavy atom. The van der Waals surface area contributed by atoms with Gasteiger partial charge in [0.1, 0.15) is 11.8 Å². The van der Waals surface area contributed by atoms with Gasteiger partial charge in [0.25, 0.3) is 0 Å². The number of aryl methyl sites for hydroxylation is 1. The Morgan fingerprint density at radius 2 is 2.00 bits per heavy atom. The molecule has 2 fully saturated rings. The Balaban J connectivity index is 1.41. The lowest BCUT2D eigenvalue weighted by Crippen LogP contribution is -2.46. The molecule has 2 aliphatic rings. The normalized spacial score (nSPS) is 23.6. The van der Waals surface area contributed by atoms with E-state index in [-0.39, 0.29) is 18.4 Å². The molecule has 2 heterocycles. The van der Waals surface area contributed by atoms with Crippen molar-refractivity contribution in [2.24, 2.45) is 5.92 Å². The number of hydrogen-bond donors (Lipinski definition) is 1. The minimum Gasteiger partial charge on any atom is -0.497 e. The zero-order chi connectivity index (χ0) is 20.4. The van der Waals surface area contributed by atoms with Gasteiger partial charge in [0, 0.05) is 24.4 Å². The monoisotopic (exact) mass is 399 g/mol. The summed E-state index contributed by atoms with van der Waals surface area (Å²) in [5.41, 5.74) is 0.794. The van der Waals surface area contributed by atoms with E-state index in [0.717, 1.165) is 37.0 Å². The minimum absolute atomic E-state index is 0.0508. The van der Waals surface area contributed by atoms with Crippen molar-refractivity contribution in [2.45, 2.75) is 57.0 Å². The van der Waals surface area contributed by atoms with E-state index in [0.29, 0.717) is 30.5 Å². The van der Waals surface area contributed by atoms with Gasteiger partial charge in [-0.25, -0.2) is 4.79 Å². The largest absolute Gasteiger partial charge is 0.497 e. The number of rotatable bonds is 6. The van der Waals surface area contributed by atoms with Gasteiger partial charge in [0.15, 0.2) is 0 Å². The fourth-order valence-electron chi connectivity index (χ4n) is 4.60. The van der Waals surface area contributed by atoms with Crippen LogP contribution in [0.15, 0.2) is 28.8 Å². The number of carbonyl (C=O) groups excluding carboxylic acids is 1. The van der Waals surface area contributed by atoms with E-state index in [1.165, 1.54) is 0 Å². The van der Waals surface area contributed by atoms with Gasteiger partial charge >= 0.3 is 5.97 Å². The fraction of sp³-hybridized carbons (Fsp3) is 0.524. The number of likely N-dealkylation sites (tertiary alicyclic amines) is 1. The molecule has 1 saturated heterocycles. The average Bonchev–Trinajstić information content (AvgIpc) is 3.37. The van der Waals surface area contributed by atoms with E-state index in [9.17, 15) is 14.7 Å². The summed E-state index contributed by atoms with van der Waals surface area (Å²) in [4.78, 5) is 30.6. The standard InChI is InChI=1S/C21H25N3O5/c1-28-15-8-6-13(7-9-15)20-22-18(29-23-20)10-11-19(25)24-16-5-3-2-4-14(16)12-17(24)21(26)27/h6-9,14,16-17H,2-5,10-12H2,1H3,(H,26,27)/t14-,16+,17+/m1/s1. The topological polar surface area (TPSA) is 106 Å². The summed E-state index contributed by atoms with van der Waals surface area (Å²) in [5, 5.41) is 13.6. The predicted octanol–water partition coefficient (Wildman–Crippen LogP) is 2.92. The first-order valence-electron chi connectivity index (χ1n) is 10.1. The van der Waals surface area contributed by atoms with Gasteiger partial charge in [-0.05, 0) is 49.4 Å². The second kappa shape index (κ2) is 8.23. The Hall–Kier alpha value is -2.90. The highest BCUT2D eigenvalue weighted by atomic mass is 16.5. The van der Waals surface area contributed by atoms with Crippen molar-refractivity contribution >= 4 is 11.9 Å². The molecule has 1 N–H and O–H groups in total. The highest BCUT2D eigenvalue weighted by Gasteiger charge is 2.47. The van der Waals surface area contributed by atoms with Crippen molar-refractivity contribution in [3.8, 4) is 17.1 Å². The first-order valence-corrected chi connectivity index (χ1v) is 10.1. The molecule has 0 unspecified atom stereocenters. The summed E-state index contributed by atoms with van der Waals surface area (Å²) in [5.74, 6) is 0.812. The van der Waals surface area contributed by atoms with Crippen LogP contribution < -0.4 is 4.74 Å². The minimum atomic E-state index is -0.910. The van der Waals surface area contributed by atoms with Gasteiger partial charge in [0.2, 0.25) is 17.6 Å². The van der Waals surface area contributed by atoms with Crippen molar-refractivity contribution in [1.82, 2.24) is 15.0 Å². The molecule has 8 nitrogen and oxygen atoms in total. The molecule has 3 atom stereocenters. The van der Waals surface area contributed by atoms with Gasteiger partial charge in [-0.2, -0.15) is 4.98 Å². The smallest absolute Gasteiger partial charge is 0.326 e. The molecule has 1 saturated carbocycles. The third kappa shape index (κ3) is 3.97. The second-order valence-electron chi connectivity index (χ2n) is 7.74. The predicted molar refractivity (Wildman–Crippen MR) is 103 cm³/mol. The number of methoxy groups -OCH3 is 1. The van der Waals surface area contributed by atoms with Crippen molar-refractivity contribution in [3.63, 3.8) is 0 Å². The molecule has 0 radical (unpaired) electrons. The van der Waals surface area contributed by atoms with E-state index in [1.54, 1.807) is 12.0 Å². The number of carboxylic acids is 1. The highest BCUT2D eigenvalue weighted by molar-refractivity contribution is 5.85. The molecular formula is C21H25N3O5. The second-order valence-corrected chi connectivity index (χ2v) is 7.74. The summed E-state index contributed by atoms with van der Waals surface area (Å²) < 4.78 is 10.4. The Bertz CT molecular complexity index is 879. The first-order chi connectivity index (χ1) is 14.1. The number of hydrogen-bond acceptors (Lipinski definition) is 6. The van der Waals surface area contributed by atoms with Gasteiger partial charge < -0.3 is 19.3 Å². The number of carboxylic acid groups (broad SMARTS) is 1. The molecule has 2 aromatic rings. The molecule has 8 heteroatoms. The maximum Gasteiger partial charge on any atom is 0.326 e. The molecule has 1 aliphatic carbocycles. The van der Waals surface area contributed by atoms with Gasteiger partial charge in [-0.3, -0.25) is 4.79 Å². The molecule has 1 amide bonds. The van der Waals surface area contributed by atoms with Crippen LogP contribution in [0.4, 0.5) is 0 Å². The summed E-state index contributed by atoms with van der Waals surface area (Å²) in [6.45, 7) is 0. The van der Waals surface area contributed by atoms with Gasteiger partial charge in [0.05, 0.1) is 7.11 Å². The molecule has 0 spiro atoms. The van der Waals surface area contributed by atoms with E-state index in [1.807, 2.05) is 24.3 Å². The van der Waals surface area contributed by atoms with E-state index >= 15 is 0 Å². The van der Waals surface area contributed by atoms with Crippen LogP contribution in [0.2, 0.25) is 0 Å². The Kier molecular flexibility index (Phi) is 5.51. The van der Waals surface area contributed by atoms with Crippen LogP contribution in [0.5, 0.6) is 5.75 Å². The number of aromatic nitrogens is 2. The quantitative estimate of drug-likeness (QED) is 0.796. The Labute approximate surface area is 168 Å². The van der Waals surface area contributed by atoms with Gasteiger partial charge in [-0.15, -0.1) is 0 Å². The van der Waals surface area contributed by atoms with E-state index < -0.39 is 12.0 Å². The molecular weight excluding hydrogens is 374 g/mol. The average molecular weight is 399 g/mol. The number of carbonyl (C=O) groups is 2. The van der Waals surface area contributed by atoms with Crippen LogP contribution in [0.1, 0.15) is 44.4 Å². The summed E-state index contributed by atoms with van der Waals surface area (Å²) in [6, 6.07) is 6.64. The van der Waals surface area contributed by atoms with Crippen LogP contribution in [0.25, 0.3) is 11.4 Å². The number of amides is 1. The lowest BCUT2D eigenvalue weighted by atomic mass is 9.84. The van der Waals surface area contributed by atoms with Crippen molar-refractivity contribution in [2.75, 3.05) is 7.11 Å². The van der Waals surface area contributed by atoms with E-state index in [4.69, 9.17) is 9.26 Å². The number of fused-ring (bicyclic) bond motifs is 1. The molecule has 1 aliphatic heterocycles. The zero-order valence-electron chi connectivity index (χ0n) is 16.4. The highest BCUT2D eigenvalue weighted by Crippen LogP contribution is 2.40. The van der Waals surface area contributed by atoms with Crippen LogP contribution >= 0.6 is 0 Å². The third-order valence-electron chi connectivity index (χ3n) is 6.03. The Morgan fingerprint density at radius 1 is 1.24 bits per heavy atom. The maximum atomic E-state index is 12.9. The first kappa shape index (κ1) is 19.4. The zero-order valence-corrected chi connectivity index (χ0v) is 16.4. The molecule has 1 aromatic heterocycles. The number of benzene rings is 1. The maximum absolute atomic E-state index is 12.9. The third-order valence-corrected chi connectivity index (χ3v) is 6.03. The van der Waals surface area contributed by atoms with Crippen molar-refractivity contribution < 1.29 is 24.0 Å². The summed E-state index contributed by atoms with van der Waals surface area (Å²) in [6.07, 6.45) is 5.08. The van der Waals surface area contributed by atoms with Gasteiger partial charge in [-0.1, -0.05) is 18.0 Å². The summed E-state index contributed by atoms with van der Waals surface area (Å²) in [7, 11) is 1.60. The van der Waals surface area contributed by atoms with Crippen LogP contribution in [0, 0.1) is 5.92 Å². The van der Waals surface area contributed by atoms with Crippen LogP contribution in [-0.2, 0) is 16.0 Å². The molecule has 4 rings (SSSR count). The van der Waals surface area contributed by atoms with E-state index in [2.05, 4.69) is 10.1 Å². The molecule has 29 heavy (non-hydrogen) atoms. The molecule has 0 bridgehead atoms. The lowest BCUT2D eigenvalue weighted by molar-refractivity contribution is -0.149. The van der Waals surface area contributed by atoms with Crippen molar-refractivity contribution in [3.05, 3.63) is 30.2 Å². The fourth-order valence-corrected chi connectivity index (χ4v) is 4.60. The summed E-state index contributed by atoms with van der Waals surface area (Å²) >= 11 is 0. The molecule has 154 valence electrons. The van der Waals surface area contributed by atoms with Crippen LogP contribution in [0.3, 0.4) is 0 Å². The lowest BCUT2D eigenvalue weighted by Gasteiger charge is -2.33. The number of aliphatic carboxylic acids is 1. The number of nitrogens with zero attached hydrogens (tertiary/aromatic N) is 3. The SMILES string of the molecule is COc1ccc(-c2noc(CCC(=O)N3[C@H](C(=O)O)C[C@H]4CCCC[C@@H]43)n2)cc1. The number of ether oxygens (including phenoxy) is 1. The van der Waals surface area contributed by atoms with Crippen LogP contribution in [-0.4, -0.2) is 51.2 Å². The molecule has 1 aromatic carbocycles. The van der Waals surface area contributed by atoms with Crippen molar-refractivity contribution in [1.29, 1.82) is 0 Å².